The molecule has 4 aromatic rings. The smallest absolute Gasteiger partial charge is 0.337 e. The van der Waals surface area contributed by atoms with Crippen molar-refractivity contribution in [1.82, 2.24) is 15.3 Å². The van der Waals surface area contributed by atoms with Crippen molar-refractivity contribution >= 4 is 5.97 Å². The predicted molar refractivity (Wildman–Crippen MR) is 99.1 cm³/mol. The van der Waals surface area contributed by atoms with Crippen LogP contribution in [0.2, 0.25) is 0 Å². The average molecular weight is 374 g/mol. The molecule has 0 aliphatic heterocycles. The Labute approximate surface area is 160 Å². The molecule has 8 nitrogen and oxygen atoms in total. The molecule has 0 unspecified atom stereocenters. The van der Waals surface area contributed by atoms with Crippen LogP contribution in [-0.4, -0.2) is 28.4 Å². The summed E-state index contributed by atoms with van der Waals surface area (Å²) >= 11 is 0. The fourth-order valence-corrected chi connectivity index (χ4v) is 2.78. The molecule has 1 aromatic carbocycles. The van der Waals surface area contributed by atoms with Crippen LogP contribution in [0, 0.1) is 5.21 Å². The normalized spacial score (nSPS) is 10.6. The number of esters is 1. The minimum Gasteiger partial charge on any atom is -0.618 e. The Kier molecular flexibility index (Phi) is 4.51. The van der Waals surface area contributed by atoms with E-state index in [4.69, 9.17) is 4.74 Å². The lowest BCUT2D eigenvalue weighted by molar-refractivity contribution is -0.661. The minimum atomic E-state index is -0.388. The molecule has 0 amide bonds. The first-order valence-electron chi connectivity index (χ1n) is 8.46. The van der Waals surface area contributed by atoms with E-state index in [-0.39, 0.29) is 5.97 Å². The number of hydrogen-bond acceptors (Lipinski definition) is 5. The van der Waals surface area contributed by atoms with Gasteiger partial charge in [0.1, 0.15) is 5.69 Å². The van der Waals surface area contributed by atoms with E-state index in [0.717, 1.165) is 16.0 Å². The lowest BCUT2D eigenvalue weighted by Crippen LogP contribution is -2.36. The number of carbonyl (C=O) groups excluding carboxylic acids is 1. The highest BCUT2D eigenvalue weighted by molar-refractivity contribution is 5.89. The number of pyridine rings is 2. The molecular weight excluding hydrogens is 358 g/mol. The highest BCUT2D eigenvalue weighted by Crippen LogP contribution is 2.17. The number of ether oxygens (including phenoxy) is 1. The summed E-state index contributed by atoms with van der Waals surface area (Å²) in [7, 11) is 1.34. The quantitative estimate of drug-likeness (QED) is 0.334. The second-order valence-corrected chi connectivity index (χ2v) is 5.98. The van der Waals surface area contributed by atoms with Crippen molar-refractivity contribution in [2.75, 3.05) is 7.11 Å². The number of nitrogens with zero attached hydrogens (tertiary/aromatic N) is 4. The molecule has 0 saturated carbocycles. The maximum atomic E-state index is 12.1. The predicted octanol–water partition coefficient (Wildman–Crippen LogP) is 1.84. The van der Waals surface area contributed by atoms with E-state index < -0.39 is 0 Å². The molecular formula is C20H16N5O3+. The van der Waals surface area contributed by atoms with Crippen LogP contribution in [0.25, 0.3) is 28.3 Å². The van der Waals surface area contributed by atoms with Crippen molar-refractivity contribution < 1.29 is 18.9 Å². The first-order chi connectivity index (χ1) is 13.7. The van der Waals surface area contributed by atoms with Gasteiger partial charge in [0, 0.05) is 16.9 Å². The molecule has 138 valence electrons. The van der Waals surface area contributed by atoms with Crippen LogP contribution in [0.5, 0.6) is 0 Å². The standard InChI is InChI=1S/C20H15N5O3/c1-28-20(26)15-7-5-14(6-8-15)18-13-24(23-22-18)16-9-11-25(27)19(12-16)17-4-2-3-10-21-17/h2-13H,1H3/p+1. The van der Waals surface area contributed by atoms with Crippen molar-refractivity contribution in [2.24, 2.45) is 0 Å². The van der Waals surface area contributed by atoms with Crippen molar-refractivity contribution in [3.8, 4) is 28.3 Å². The third-order valence-electron chi connectivity index (χ3n) is 4.24. The van der Waals surface area contributed by atoms with Gasteiger partial charge in [-0.2, -0.15) is 4.73 Å². The zero-order valence-corrected chi connectivity index (χ0v) is 14.9. The summed E-state index contributed by atoms with van der Waals surface area (Å²) < 4.78 is 7.18. The third-order valence-corrected chi connectivity index (χ3v) is 4.24. The monoisotopic (exact) mass is 374 g/mol. The van der Waals surface area contributed by atoms with Crippen LogP contribution in [0.3, 0.4) is 0 Å². The van der Waals surface area contributed by atoms with Crippen molar-refractivity contribution in [3.63, 3.8) is 0 Å². The van der Waals surface area contributed by atoms with E-state index in [1.807, 2.05) is 6.07 Å². The number of aromatic amines is 1. The lowest BCUT2D eigenvalue weighted by Gasteiger charge is -2.04. The second kappa shape index (κ2) is 7.28. The molecule has 1 N–H and O–H groups in total. The van der Waals surface area contributed by atoms with Gasteiger partial charge in [-0.05, 0) is 36.4 Å². The van der Waals surface area contributed by atoms with Gasteiger partial charge in [0.15, 0.2) is 18.1 Å². The first kappa shape index (κ1) is 17.3. The minimum absolute atomic E-state index is 0.388. The molecule has 0 radical (unpaired) electrons. The van der Waals surface area contributed by atoms with Crippen molar-refractivity contribution in [2.45, 2.75) is 0 Å². The van der Waals surface area contributed by atoms with Crippen LogP contribution in [0.15, 0.2) is 73.2 Å². The third kappa shape index (κ3) is 3.30. The first-order valence-corrected chi connectivity index (χ1v) is 8.46. The molecule has 4 rings (SSSR count). The number of nitrogens with one attached hydrogen (secondary N) is 1. The Morgan fingerprint density at radius 3 is 2.64 bits per heavy atom. The summed E-state index contributed by atoms with van der Waals surface area (Å²) in [5, 5.41) is 19.4. The van der Waals surface area contributed by atoms with Gasteiger partial charge in [0.25, 0.3) is 0 Å². The highest BCUT2D eigenvalue weighted by atomic mass is 16.5. The SMILES string of the molecule is COC(=O)c1ccc(-c2c[n+](-c3cc[n+]([O-])c(-c4ccccn4)c3)[nH]n2)cc1. The van der Waals surface area contributed by atoms with Crippen molar-refractivity contribution in [3.05, 3.63) is 84.0 Å². The molecule has 0 atom stereocenters. The number of H-pyrrole nitrogens is 1. The number of methoxy groups -OCH3 is 1. The molecule has 0 saturated heterocycles. The van der Waals surface area contributed by atoms with Gasteiger partial charge in [-0.1, -0.05) is 11.3 Å². The van der Waals surface area contributed by atoms with E-state index in [2.05, 4.69) is 15.3 Å². The van der Waals surface area contributed by atoms with Gasteiger partial charge in [0.05, 0.1) is 24.8 Å². The lowest BCUT2D eigenvalue weighted by atomic mass is 10.1. The summed E-state index contributed by atoms with van der Waals surface area (Å²) in [4.78, 5) is 15.8. The number of aromatic nitrogens is 5. The molecule has 0 spiro atoms. The summed E-state index contributed by atoms with van der Waals surface area (Å²) in [5.41, 5.74) is 3.75. The fraction of sp³-hybridized carbons (Fsp3) is 0.0500. The number of rotatable bonds is 4. The van der Waals surface area contributed by atoms with Gasteiger partial charge in [-0.15, -0.1) is 4.68 Å². The van der Waals surface area contributed by atoms with Crippen LogP contribution in [-0.2, 0) is 4.74 Å². The van der Waals surface area contributed by atoms with Crippen LogP contribution < -0.4 is 9.41 Å². The zero-order valence-electron chi connectivity index (χ0n) is 14.9. The van der Waals surface area contributed by atoms with Crippen LogP contribution in [0.4, 0.5) is 0 Å². The Bertz CT molecular complexity index is 1120. The molecule has 0 aliphatic rings. The topological polar surface area (TPSA) is 98.7 Å². The number of carbonyl (C=O) groups is 1. The molecule has 8 heteroatoms. The summed E-state index contributed by atoms with van der Waals surface area (Å²) in [6.07, 6.45) is 4.87. The maximum absolute atomic E-state index is 12.1. The van der Waals surface area contributed by atoms with Gasteiger partial charge in [0.2, 0.25) is 11.4 Å². The molecule has 0 bridgehead atoms. The van der Waals surface area contributed by atoms with Crippen LogP contribution in [0.1, 0.15) is 10.4 Å². The molecule has 0 aliphatic carbocycles. The van der Waals surface area contributed by atoms with E-state index in [0.29, 0.717) is 22.6 Å². The van der Waals surface area contributed by atoms with Gasteiger partial charge < -0.3 is 9.94 Å². The van der Waals surface area contributed by atoms with E-state index in [1.54, 1.807) is 65.6 Å². The number of benzene rings is 1. The Morgan fingerprint density at radius 2 is 1.93 bits per heavy atom. The summed E-state index contributed by atoms with van der Waals surface area (Å²) in [6.45, 7) is 0. The molecule has 3 heterocycles. The van der Waals surface area contributed by atoms with E-state index in [9.17, 15) is 10.0 Å². The Morgan fingerprint density at radius 1 is 1.11 bits per heavy atom. The van der Waals surface area contributed by atoms with E-state index in [1.165, 1.54) is 13.3 Å². The Hall–Kier alpha value is -4.07. The summed E-state index contributed by atoms with van der Waals surface area (Å²) in [6, 6.07) is 15.8. The van der Waals surface area contributed by atoms with Crippen molar-refractivity contribution in [1.29, 1.82) is 0 Å². The molecule has 3 aromatic heterocycles. The Balaban J connectivity index is 1.65. The van der Waals surface area contributed by atoms with Gasteiger partial charge in [-0.3, -0.25) is 0 Å². The maximum Gasteiger partial charge on any atom is 0.337 e. The largest absolute Gasteiger partial charge is 0.618 e. The van der Waals surface area contributed by atoms with E-state index >= 15 is 0 Å². The summed E-state index contributed by atoms with van der Waals surface area (Å²) in [5.74, 6) is -0.388. The molecule has 0 fully saturated rings. The fourth-order valence-electron chi connectivity index (χ4n) is 2.78. The van der Waals surface area contributed by atoms with Crippen LogP contribution >= 0.6 is 0 Å². The molecule has 28 heavy (non-hydrogen) atoms. The van der Waals surface area contributed by atoms with Gasteiger partial charge >= 0.3 is 5.97 Å². The highest BCUT2D eigenvalue weighted by Gasteiger charge is 2.18. The second-order valence-electron chi connectivity index (χ2n) is 5.98. The number of hydrogen-bond donors (Lipinski definition) is 1. The van der Waals surface area contributed by atoms with Gasteiger partial charge in [-0.25, -0.2) is 9.78 Å². The zero-order chi connectivity index (χ0) is 19.5. The average Bonchev–Trinajstić information content (AvgIpc) is 3.24.